The van der Waals surface area contributed by atoms with E-state index in [4.69, 9.17) is 0 Å². The first-order valence-corrected chi connectivity index (χ1v) is 7.05. The topological polar surface area (TPSA) is 66.5 Å². The van der Waals surface area contributed by atoms with Gasteiger partial charge in [-0.05, 0) is 23.8 Å². The Morgan fingerprint density at radius 2 is 1.57 bits per heavy atom. The SMILES string of the molecule is O=CCN(NC(=O)c1ccccc1)C(=O)C=Cc1ccccc1. The highest BCUT2D eigenvalue weighted by atomic mass is 16.2. The molecule has 2 rings (SSSR count). The van der Waals surface area contributed by atoms with E-state index in [2.05, 4.69) is 5.43 Å². The summed E-state index contributed by atoms with van der Waals surface area (Å²) in [5.41, 5.74) is 3.69. The normalized spacial score (nSPS) is 10.3. The standard InChI is InChI=1S/C18H16N2O3/c21-14-13-20(19-18(23)16-9-5-2-6-10-16)17(22)12-11-15-7-3-1-4-8-15/h1-12,14H,13H2,(H,19,23). The van der Waals surface area contributed by atoms with E-state index in [1.807, 2.05) is 30.3 Å². The molecule has 0 saturated heterocycles. The Kier molecular flexibility index (Phi) is 5.82. The maximum absolute atomic E-state index is 12.1. The van der Waals surface area contributed by atoms with Crippen molar-refractivity contribution in [1.82, 2.24) is 10.4 Å². The third-order valence-electron chi connectivity index (χ3n) is 3.01. The number of hydrogen-bond donors (Lipinski definition) is 1. The first kappa shape index (κ1) is 16.2. The average molecular weight is 308 g/mol. The van der Waals surface area contributed by atoms with Gasteiger partial charge in [-0.3, -0.25) is 15.0 Å². The highest BCUT2D eigenvalue weighted by molar-refractivity contribution is 5.98. The van der Waals surface area contributed by atoms with Crippen LogP contribution in [0, 0.1) is 0 Å². The van der Waals surface area contributed by atoms with E-state index < -0.39 is 11.8 Å². The van der Waals surface area contributed by atoms with Gasteiger partial charge in [0.15, 0.2) is 0 Å². The maximum Gasteiger partial charge on any atom is 0.269 e. The number of aldehydes is 1. The number of hydrazine groups is 1. The molecule has 2 amide bonds. The molecule has 0 bridgehead atoms. The van der Waals surface area contributed by atoms with E-state index in [0.717, 1.165) is 10.6 Å². The van der Waals surface area contributed by atoms with Crippen molar-refractivity contribution in [3.63, 3.8) is 0 Å². The second-order valence-corrected chi connectivity index (χ2v) is 4.67. The van der Waals surface area contributed by atoms with Crippen molar-refractivity contribution in [3.05, 3.63) is 77.9 Å². The minimum atomic E-state index is -0.481. The molecule has 1 N–H and O–H groups in total. The van der Waals surface area contributed by atoms with Crippen molar-refractivity contribution in [2.75, 3.05) is 6.54 Å². The Morgan fingerprint density at radius 1 is 0.957 bits per heavy atom. The molecule has 0 radical (unpaired) electrons. The number of nitrogens with one attached hydrogen (secondary N) is 1. The number of carbonyl (C=O) groups is 3. The number of amides is 2. The van der Waals surface area contributed by atoms with Crippen molar-refractivity contribution in [2.45, 2.75) is 0 Å². The van der Waals surface area contributed by atoms with Gasteiger partial charge in [0, 0.05) is 11.6 Å². The summed E-state index contributed by atoms with van der Waals surface area (Å²) in [6, 6.07) is 17.7. The van der Waals surface area contributed by atoms with Crippen LogP contribution in [0.2, 0.25) is 0 Å². The third-order valence-corrected chi connectivity index (χ3v) is 3.01. The van der Waals surface area contributed by atoms with Crippen LogP contribution in [0.25, 0.3) is 6.08 Å². The van der Waals surface area contributed by atoms with Crippen LogP contribution in [-0.4, -0.2) is 29.7 Å². The highest BCUT2D eigenvalue weighted by Crippen LogP contribution is 2.02. The van der Waals surface area contributed by atoms with Crippen LogP contribution < -0.4 is 5.43 Å². The van der Waals surface area contributed by atoms with E-state index in [1.165, 1.54) is 6.08 Å². The minimum absolute atomic E-state index is 0.226. The third kappa shape index (κ3) is 4.93. The summed E-state index contributed by atoms with van der Waals surface area (Å²) in [5.74, 6) is -0.931. The van der Waals surface area contributed by atoms with E-state index in [-0.39, 0.29) is 6.54 Å². The van der Waals surface area contributed by atoms with E-state index in [9.17, 15) is 14.4 Å². The Bertz CT molecular complexity index is 697. The molecule has 0 heterocycles. The molecule has 2 aromatic carbocycles. The second-order valence-electron chi connectivity index (χ2n) is 4.67. The van der Waals surface area contributed by atoms with Gasteiger partial charge in [-0.2, -0.15) is 0 Å². The molecule has 23 heavy (non-hydrogen) atoms. The van der Waals surface area contributed by atoms with Crippen LogP contribution in [0.1, 0.15) is 15.9 Å². The molecule has 0 spiro atoms. The molecule has 0 saturated carbocycles. The van der Waals surface area contributed by atoms with Crippen LogP contribution in [0.5, 0.6) is 0 Å². The van der Waals surface area contributed by atoms with Gasteiger partial charge in [-0.1, -0.05) is 48.5 Å². The largest absolute Gasteiger partial charge is 0.301 e. The Balaban J connectivity index is 2.05. The van der Waals surface area contributed by atoms with Gasteiger partial charge in [-0.25, -0.2) is 5.01 Å². The Morgan fingerprint density at radius 3 is 2.17 bits per heavy atom. The fraction of sp³-hybridized carbons (Fsp3) is 0.0556. The smallest absolute Gasteiger partial charge is 0.269 e. The number of hydrogen-bond acceptors (Lipinski definition) is 3. The highest BCUT2D eigenvalue weighted by Gasteiger charge is 2.14. The van der Waals surface area contributed by atoms with Crippen LogP contribution in [0.15, 0.2) is 66.7 Å². The molecule has 0 aliphatic carbocycles. The lowest BCUT2D eigenvalue weighted by Gasteiger charge is -2.19. The van der Waals surface area contributed by atoms with E-state index in [0.29, 0.717) is 11.8 Å². The van der Waals surface area contributed by atoms with Crippen LogP contribution >= 0.6 is 0 Å². The average Bonchev–Trinajstić information content (AvgIpc) is 2.61. The van der Waals surface area contributed by atoms with Crippen molar-refractivity contribution >= 4 is 24.2 Å². The number of nitrogens with zero attached hydrogens (tertiary/aromatic N) is 1. The zero-order valence-corrected chi connectivity index (χ0v) is 12.4. The summed E-state index contributed by atoms with van der Waals surface area (Å²) < 4.78 is 0. The van der Waals surface area contributed by atoms with Crippen molar-refractivity contribution < 1.29 is 14.4 Å². The molecule has 0 unspecified atom stereocenters. The van der Waals surface area contributed by atoms with Crippen LogP contribution in [0.3, 0.4) is 0 Å². The number of carbonyl (C=O) groups excluding carboxylic acids is 3. The van der Waals surface area contributed by atoms with Crippen molar-refractivity contribution in [1.29, 1.82) is 0 Å². The zero-order chi connectivity index (χ0) is 16.5. The molecule has 0 aliphatic heterocycles. The van der Waals surface area contributed by atoms with Gasteiger partial charge in [0.1, 0.15) is 6.29 Å². The first-order chi connectivity index (χ1) is 11.2. The number of rotatable bonds is 5. The van der Waals surface area contributed by atoms with E-state index >= 15 is 0 Å². The maximum atomic E-state index is 12.1. The molecule has 0 fully saturated rings. The predicted molar refractivity (Wildman–Crippen MR) is 87.2 cm³/mol. The summed E-state index contributed by atoms with van der Waals surface area (Å²) in [7, 11) is 0. The summed E-state index contributed by atoms with van der Waals surface area (Å²) in [6.07, 6.45) is 3.48. The molecular weight excluding hydrogens is 292 g/mol. The number of benzene rings is 2. The summed E-state index contributed by atoms with van der Waals surface area (Å²) in [6.45, 7) is -0.226. The van der Waals surface area contributed by atoms with Crippen LogP contribution in [-0.2, 0) is 9.59 Å². The van der Waals surface area contributed by atoms with Gasteiger partial charge >= 0.3 is 0 Å². The molecule has 0 aliphatic rings. The minimum Gasteiger partial charge on any atom is -0.301 e. The molecule has 2 aromatic rings. The quantitative estimate of drug-likeness (QED) is 0.522. The first-order valence-electron chi connectivity index (χ1n) is 7.05. The van der Waals surface area contributed by atoms with Gasteiger partial charge in [0.2, 0.25) is 0 Å². The summed E-state index contributed by atoms with van der Waals surface area (Å²) >= 11 is 0. The van der Waals surface area contributed by atoms with E-state index in [1.54, 1.807) is 36.4 Å². The lowest BCUT2D eigenvalue weighted by atomic mass is 10.2. The monoisotopic (exact) mass is 308 g/mol. The lowest BCUT2D eigenvalue weighted by Crippen LogP contribution is -2.46. The molecule has 5 heteroatoms. The van der Waals surface area contributed by atoms with Crippen molar-refractivity contribution in [3.8, 4) is 0 Å². The molecule has 0 aromatic heterocycles. The van der Waals surface area contributed by atoms with Crippen LogP contribution in [0.4, 0.5) is 0 Å². The van der Waals surface area contributed by atoms with Gasteiger partial charge in [0.05, 0.1) is 6.54 Å². The molecule has 5 nitrogen and oxygen atoms in total. The Labute approximate surface area is 134 Å². The second kappa shape index (κ2) is 8.29. The van der Waals surface area contributed by atoms with Gasteiger partial charge in [-0.15, -0.1) is 0 Å². The fourth-order valence-corrected chi connectivity index (χ4v) is 1.86. The fourth-order valence-electron chi connectivity index (χ4n) is 1.86. The van der Waals surface area contributed by atoms with Gasteiger partial charge in [0.25, 0.3) is 11.8 Å². The predicted octanol–water partition coefficient (Wildman–Crippen LogP) is 2.07. The summed E-state index contributed by atoms with van der Waals surface area (Å²) in [4.78, 5) is 34.9. The molecule has 116 valence electrons. The van der Waals surface area contributed by atoms with Gasteiger partial charge < -0.3 is 4.79 Å². The molecule has 0 atom stereocenters. The van der Waals surface area contributed by atoms with Crippen molar-refractivity contribution in [2.24, 2.45) is 0 Å². The Hall–Kier alpha value is -3.21. The molecular formula is C18H16N2O3. The summed E-state index contributed by atoms with van der Waals surface area (Å²) in [5, 5.41) is 0.974. The zero-order valence-electron chi connectivity index (χ0n) is 12.4. The lowest BCUT2D eigenvalue weighted by molar-refractivity contribution is -0.130.